The summed E-state index contributed by atoms with van der Waals surface area (Å²) in [7, 11) is 0. The third kappa shape index (κ3) is 6.36. The number of furan rings is 1. The molecule has 0 aliphatic rings. The number of nitrogens with zero attached hydrogens (tertiary/aromatic N) is 1. The number of rotatable bonds is 7. The Bertz CT molecular complexity index is 1150. The highest BCUT2D eigenvalue weighted by Crippen LogP contribution is 2.38. The second-order valence-corrected chi connectivity index (χ2v) is 8.40. The van der Waals surface area contributed by atoms with E-state index in [0.717, 1.165) is 37.3 Å². The highest BCUT2D eigenvalue weighted by atomic mass is 35.5. The fraction of sp³-hybridized carbons (Fsp3) is 0.250. The van der Waals surface area contributed by atoms with Crippen molar-refractivity contribution in [3.05, 3.63) is 76.5 Å². The summed E-state index contributed by atoms with van der Waals surface area (Å²) in [5.41, 5.74) is 0.909. The van der Waals surface area contributed by atoms with Crippen LogP contribution in [0.4, 0.5) is 23.7 Å². The summed E-state index contributed by atoms with van der Waals surface area (Å²) in [4.78, 5) is 25.2. The van der Waals surface area contributed by atoms with Gasteiger partial charge >= 0.3 is 12.2 Å². The minimum Gasteiger partial charge on any atom is -0.451 e. The van der Waals surface area contributed by atoms with Crippen molar-refractivity contribution >= 4 is 42.0 Å². The number of hydrogen-bond acceptors (Lipinski definition) is 4. The van der Waals surface area contributed by atoms with Crippen molar-refractivity contribution in [2.45, 2.75) is 38.8 Å². The second-order valence-electron chi connectivity index (χ2n) is 7.56. The molecule has 0 unspecified atom stereocenters. The number of urea groups is 1. The number of benzene rings is 2. The summed E-state index contributed by atoms with van der Waals surface area (Å²) in [6, 6.07) is 12.8. The van der Waals surface area contributed by atoms with Gasteiger partial charge < -0.3 is 9.73 Å². The third-order valence-electron chi connectivity index (χ3n) is 5.01. The first-order valence-corrected chi connectivity index (χ1v) is 11.3. The quantitative estimate of drug-likeness (QED) is 0.251. The Morgan fingerprint density at radius 1 is 1.06 bits per heavy atom. The molecule has 180 valence electrons. The molecule has 0 spiro atoms. The van der Waals surface area contributed by atoms with Crippen LogP contribution in [-0.4, -0.2) is 16.2 Å². The normalized spacial score (nSPS) is 11.4. The number of halogens is 4. The van der Waals surface area contributed by atoms with Crippen LogP contribution in [0.2, 0.25) is 5.02 Å². The topological polar surface area (TPSA) is 62.6 Å². The van der Waals surface area contributed by atoms with Gasteiger partial charge in [0.05, 0.1) is 5.56 Å². The number of alkyl halides is 3. The molecule has 2 aromatic carbocycles. The van der Waals surface area contributed by atoms with Crippen LogP contribution in [0.1, 0.15) is 47.9 Å². The van der Waals surface area contributed by atoms with Crippen molar-refractivity contribution in [1.82, 2.24) is 4.31 Å². The number of carbonyl (C=O) groups is 2. The van der Waals surface area contributed by atoms with Crippen molar-refractivity contribution in [1.29, 1.82) is 0 Å². The van der Waals surface area contributed by atoms with Crippen molar-refractivity contribution in [2.75, 3.05) is 5.32 Å². The number of hydrogen-bond donors (Lipinski definition) is 2. The Balaban J connectivity index is 1.77. The van der Waals surface area contributed by atoms with E-state index in [1.54, 1.807) is 12.1 Å². The lowest BCUT2D eigenvalue weighted by Gasteiger charge is -2.15. The van der Waals surface area contributed by atoms with Gasteiger partial charge in [-0.25, -0.2) is 9.10 Å². The zero-order valence-electron chi connectivity index (χ0n) is 18.2. The molecule has 1 heterocycles. The van der Waals surface area contributed by atoms with Crippen LogP contribution < -0.4 is 5.32 Å². The molecule has 1 aromatic heterocycles. The van der Waals surface area contributed by atoms with Gasteiger partial charge in [0.1, 0.15) is 5.76 Å². The van der Waals surface area contributed by atoms with Crippen LogP contribution >= 0.6 is 24.4 Å². The lowest BCUT2D eigenvalue weighted by molar-refractivity contribution is -0.153. The minimum atomic E-state index is -4.96. The molecule has 0 fully saturated rings. The monoisotopic (exact) mass is 510 g/mol. The first-order valence-electron chi connectivity index (χ1n) is 10.5. The lowest BCUT2D eigenvalue weighted by Crippen LogP contribution is -2.33. The highest BCUT2D eigenvalue weighted by Gasteiger charge is 2.42. The molecule has 10 heteroatoms. The van der Waals surface area contributed by atoms with Crippen LogP contribution in [-0.2, 0) is 12.6 Å². The molecule has 0 bridgehead atoms. The average Bonchev–Trinajstić information content (AvgIpc) is 3.26. The maximum atomic E-state index is 13.6. The number of anilines is 1. The van der Waals surface area contributed by atoms with E-state index in [0.29, 0.717) is 10.7 Å². The molecule has 0 aliphatic carbocycles. The summed E-state index contributed by atoms with van der Waals surface area (Å²) in [6.45, 7) is 2.11. The van der Waals surface area contributed by atoms with Crippen LogP contribution in [0.3, 0.4) is 0 Å². The van der Waals surface area contributed by atoms with Gasteiger partial charge in [0, 0.05) is 16.3 Å². The maximum absolute atomic E-state index is 13.6. The Morgan fingerprint density at radius 2 is 1.71 bits per heavy atom. The first-order chi connectivity index (χ1) is 16.1. The van der Waals surface area contributed by atoms with Gasteiger partial charge in [0.25, 0.3) is 5.91 Å². The van der Waals surface area contributed by atoms with Crippen molar-refractivity contribution in [3.8, 4) is 11.3 Å². The number of imide groups is 1. The number of thiol groups is 1. The van der Waals surface area contributed by atoms with E-state index in [2.05, 4.69) is 25.1 Å². The van der Waals surface area contributed by atoms with E-state index in [-0.39, 0.29) is 15.6 Å². The van der Waals surface area contributed by atoms with E-state index < -0.39 is 29.4 Å². The summed E-state index contributed by atoms with van der Waals surface area (Å²) in [5.74, 6) is -3.01. The zero-order chi connectivity index (χ0) is 24.9. The predicted octanol–water partition coefficient (Wildman–Crippen LogP) is 7.87. The average molecular weight is 511 g/mol. The van der Waals surface area contributed by atoms with Crippen molar-refractivity contribution in [2.24, 2.45) is 0 Å². The van der Waals surface area contributed by atoms with Crippen LogP contribution in [0, 0.1) is 0 Å². The molecule has 5 nitrogen and oxygen atoms in total. The molecule has 3 amide bonds. The Kier molecular flexibility index (Phi) is 8.33. The number of nitrogens with one attached hydrogen (secondary N) is 1. The molecule has 3 rings (SSSR count). The van der Waals surface area contributed by atoms with Gasteiger partial charge in [-0.05, 0) is 60.9 Å². The summed E-state index contributed by atoms with van der Waals surface area (Å²) in [5, 5.41) is 2.84. The summed E-state index contributed by atoms with van der Waals surface area (Å²) >= 11 is 9.65. The maximum Gasteiger partial charge on any atom is 0.450 e. The summed E-state index contributed by atoms with van der Waals surface area (Å²) in [6.07, 6.45) is -0.799. The molecule has 34 heavy (non-hydrogen) atoms. The van der Waals surface area contributed by atoms with Gasteiger partial charge in [0.2, 0.25) is 5.76 Å². The molecule has 0 radical (unpaired) electrons. The number of amides is 3. The fourth-order valence-electron chi connectivity index (χ4n) is 3.23. The standard InChI is InChI=1S/C24H22ClF3N2O3S/c1-2-3-4-5-15-6-12-18(13-7-15)29-23(32)30(34)22(31)19-14-20(33-21(19)24(26,27)28)16-8-10-17(25)11-9-16/h6-14,34H,2-5H2,1H3,(H,29,32). The molecule has 3 aromatic rings. The van der Waals surface area contributed by atoms with Crippen LogP contribution in [0.25, 0.3) is 11.3 Å². The van der Waals surface area contributed by atoms with Gasteiger partial charge in [0.15, 0.2) is 0 Å². The molecule has 0 saturated carbocycles. The molecular weight excluding hydrogens is 489 g/mol. The van der Waals surface area contributed by atoms with Gasteiger partial charge in [-0.3, -0.25) is 4.79 Å². The predicted molar refractivity (Wildman–Crippen MR) is 128 cm³/mol. The lowest BCUT2D eigenvalue weighted by atomic mass is 10.1. The number of aryl methyl sites for hydroxylation is 1. The fourth-order valence-corrected chi connectivity index (χ4v) is 3.52. The highest BCUT2D eigenvalue weighted by molar-refractivity contribution is 7.79. The Hall–Kier alpha value is -2.91. The SMILES string of the molecule is CCCCCc1ccc(NC(=O)N(S)C(=O)c2cc(-c3ccc(Cl)cc3)oc2C(F)(F)F)cc1. The van der Waals surface area contributed by atoms with Gasteiger partial charge in [-0.2, -0.15) is 13.2 Å². The minimum absolute atomic E-state index is 0.201. The number of carbonyl (C=O) groups excluding carboxylic acids is 2. The van der Waals surface area contributed by atoms with Crippen molar-refractivity contribution in [3.63, 3.8) is 0 Å². The van der Waals surface area contributed by atoms with Crippen molar-refractivity contribution < 1.29 is 27.2 Å². The van der Waals surface area contributed by atoms with E-state index in [1.165, 1.54) is 24.3 Å². The first kappa shape index (κ1) is 25.7. The Morgan fingerprint density at radius 3 is 2.29 bits per heavy atom. The van der Waals surface area contributed by atoms with E-state index in [4.69, 9.17) is 16.0 Å². The second kappa shape index (κ2) is 11.0. The zero-order valence-corrected chi connectivity index (χ0v) is 19.8. The largest absolute Gasteiger partial charge is 0.451 e. The molecular formula is C24H22ClF3N2O3S. The smallest absolute Gasteiger partial charge is 0.450 e. The van der Waals surface area contributed by atoms with Gasteiger partial charge in [-0.1, -0.05) is 56.3 Å². The Labute approximate surface area is 205 Å². The van der Waals surface area contributed by atoms with E-state index >= 15 is 0 Å². The summed E-state index contributed by atoms with van der Waals surface area (Å²) < 4.78 is 45.9. The van der Waals surface area contributed by atoms with E-state index in [9.17, 15) is 22.8 Å². The molecule has 0 saturated heterocycles. The number of unbranched alkanes of at least 4 members (excludes halogenated alkanes) is 2. The van der Waals surface area contributed by atoms with Gasteiger partial charge in [-0.15, -0.1) is 0 Å². The van der Waals surface area contributed by atoms with E-state index in [1.807, 2.05) is 12.1 Å². The molecule has 1 N–H and O–H groups in total. The molecule has 0 atom stereocenters. The van der Waals surface area contributed by atoms with Crippen LogP contribution in [0.15, 0.2) is 59.0 Å². The molecule has 0 aliphatic heterocycles. The van der Waals surface area contributed by atoms with Crippen LogP contribution in [0.5, 0.6) is 0 Å². The third-order valence-corrected chi connectivity index (χ3v) is 5.62.